The smallest absolute Gasteiger partial charge is 0.160 e. The summed E-state index contributed by atoms with van der Waals surface area (Å²) in [6.07, 6.45) is 0. The van der Waals surface area contributed by atoms with E-state index in [4.69, 9.17) is 15.1 Å². The Bertz CT molecular complexity index is 3610. The van der Waals surface area contributed by atoms with Crippen LogP contribution in [0.1, 0.15) is 0 Å². The maximum atomic E-state index is 5.50. The molecule has 0 bridgehead atoms. The van der Waals surface area contributed by atoms with E-state index in [1.807, 2.05) is 6.07 Å². The maximum Gasteiger partial charge on any atom is 0.160 e. The van der Waals surface area contributed by atoms with Crippen LogP contribution in [0, 0.1) is 0 Å². The number of fused-ring (bicyclic) bond motifs is 6. The molecule has 0 saturated carbocycles. The van der Waals surface area contributed by atoms with E-state index in [9.17, 15) is 0 Å². The summed E-state index contributed by atoms with van der Waals surface area (Å²) in [4.78, 5) is 10.6. The first-order chi connectivity index (χ1) is 30.7. The molecule has 0 spiro atoms. The average molecular weight is 792 g/mol. The van der Waals surface area contributed by atoms with E-state index in [0.29, 0.717) is 5.82 Å². The van der Waals surface area contributed by atoms with Crippen molar-refractivity contribution < 1.29 is 0 Å². The number of hydrogen-bond donors (Lipinski definition) is 0. The molecule has 0 unspecified atom stereocenters. The van der Waals surface area contributed by atoms with E-state index >= 15 is 0 Å². The predicted molar refractivity (Wildman–Crippen MR) is 255 cm³/mol. The highest BCUT2D eigenvalue weighted by Crippen LogP contribution is 2.42. The lowest BCUT2D eigenvalue weighted by molar-refractivity contribution is 0.979. The van der Waals surface area contributed by atoms with Gasteiger partial charge in [0, 0.05) is 55.2 Å². The zero-order valence-electron chi connectivity index (χ0n) is 33.6. The Kier molecular flexibility index (Phi) is 8.42. The van der Waals surface area contributed by atoms with Gasteiger partial charge in [0.15, 0.2) is 5.82 Å². The minimum atomic E-state index is 0.649. The van der Waals surface area contributed by atoms with Crippen molar-refractivity contribution in [3.63, 3.8) is 0 Å². The predicted octanol–water partition coefficient (Wildman–Crippen LogP) is 14.4. The van der Waals surface area contributed by atoms with Crippen LogP contribution in [0.2, 0.25) is 0 Å². The third-order valence-electron chi connectivity index (χ3n) is 11.9. The standard InChI is InChI=1S/C57H37N5/c1-5-18-38(19-6-1)49-37-50(42-32-33-52-48(35-42)47-30-15-16-31-51(47)61(52)45-27-11-4-12-28-45)59-57(58-49)44-26-17-25-43(34-44)55-54(40-22-9-3-10-23-40)56-46-29-14-13-24-41(46)36-53(62(56)60-55)39-20-7-2-8-21-39/h1-37H. The minimum absolute atomic E-state index is 0.649. The van der Waals surface area contributed by atoms with E-state index in [0.717, 1.165) is 89.2 Å². The molecule has 0 aliphatic rings. The zero-order valence-corrected chi connectivity index (χ0v) is 33.6. The number of benzene rings is 8. The summed E-state index contributed by atoms with van der Waals surface area (Å²) in [6.45, 7) is 0. The number of hydrogen-bond acceptors (Lipinski definition) is 3. The van der Waals surface area contributed by atoms with Crippen LogP contribution < -0.4 is 0 Å². The summed E-state index contributed by atoms with van der Waals surface area (Å²) in [6, 6.07) is 79.0. The van der Waals surface area contributed by atoms with Crippen LogP contribution in [0.4, 0.5) is 0 Å². The van der Waals surface area contributed by atoms with Crippen molar-refractivity contribution in [1.29, 1.82) is 0 Å². The molecule has 0 saturated heterocycles. The molecule has 0 aliphatic heterocycles. The van der Waals surface area contributed by atoms with Gasteiger partial charge in [-0.3, -0.25) is 0 Å². The monoisotopic (exact) mass is 791 g/mol. The summed E-state index contributed by atoms with van der Waals surface area (Å²) >= 11 is 0. The molecular formula is C57H37N5. The third kappa shape index (κ3) is 5.98. The first-order valence-electron chi connectivity index (χ1n) is 20.9. The molecule has 4 aromatic heterocycles. The molecule has 0 amide bonds. The SMILES string of the molecule is c1ccc(-c2cc(-c3ccc4c(c3)c3ccccc3n4-c3ccccc3)nc(-c3cccc(-c4nn5c(-c6ccccc6)cc6ccccc6c5c4-c4ccccc4)c3)n2)cc1. The summed E-state index contributed by atoms with van der Waals surface area (Å²) in [5.41, 5.74) is 15.4. The van der Waals surface area contributed by atoms with E-state index in [1.165, 1.54) is 16.3 Å². The van der Waals surface area contributed by atoms with Gasteiger partial charge in [-0.05, 0) is 59.5 Å². The van der Waals surface area contributed by atoms with Gasteiger partial charge in [-0.25, -0.2) is 14.5 Å². The van der Waals surface area contributed by atoms with Crippen LogP contribution >= 0.6 is 0 Å². The Morgan fingerprint density at radius 3 is 1.69 bits per heavy atom. The molecule has 5 nitrogen and oxygen atoms in total. The van der Waals surface area contributed by atoms with Crippen molar-refractivity contribution in [2.24, 2.45) is 0 Å². The molecular weight excluding hydrogens is 755 g/mol. The fourth-order valence-corrected chi connectivity index (χ4v) is 9.06. The highest BCUT2D eigenvalue weighted by Gasteiger charge is 2.23. The molecule has 0 radical (unpaired) electrons. The summed E-state index contributed by atoms with van der Waals surface area (Å²) in [7, 11) is 0. The molecule has 12 aromatic rings. The molecule has 4 heterocycles. The van der Waals surface area contributed by atoms with Crippen LogP contribution in [-0.4, -0.2) is 24.1 Å². The van der Waals surface area contributed by atoms with Crippen molar-refractivity contribution in [3.8, 4) is 73.2 Å². The molecule has 12 rings (SSSR count). The topological polar surface area (TPSA) is 48.0 Å². The van der Waals surface area contributed by atoms with Gasteiger partial charge in [0.05, 0.1) is 33.6 Å². The average Bonchev–Trinajstić information content (AvgIpc) is 3.92. The summed E-state index contributed by atoms with van der Waals surface area (Å²) in [5, 5.41) is 10.2. The van der Waals surface area contributed by atoms with Crippen LogP contribution in [0.5, 0.6) is 0 Å². The van der Waals surface area contributed by atoms with Gasteiger partial charge < -0.3 is 4.57 Å². The number of aromatic nitrogens is 5. The van der Waals surface area contributed by atoms with Crippen molar-refractivity contribution in [2.75, 3.05) is 0 Å². The second-order valence-corrected chi connectivity index (χ2v) is 15.7. The largest absolute Gasteiger partial charge is 0.309 e. The Hall–Kier alpha value is -8.41. The Morgan fingerprint density at radius 2 is 0.935 bits per heavy atom. The van der Waals surface area contributed by atoms with Gasteiger partial charge in [-0.2, -0.15) is 5.10 Å². The quantitative estimate of drug-likeness (QED) is 0.162. The van der Waals surface area contributed by atoms with Gasteiger partial charge in [0.1, 0.15) is 5.69 Å². The Balaban J connectivity index is 1.06. The first kappa shape index (κ1) is 35.5. The molecule has 0 atom stereocenters. The van der Waals surface area contributed by atoms with Crippen molar-refractivity contribution in [3.05, 3.63) is 224 Å². The normalized spacial score (nSPS) is 11.5. The second kappa shape index (κ2) is 14.7. The molecule has 0 fully saturated rings. The Morgan fingerprint density at radius 1 is 0.355 bits per heavy atom. The van der Waals surface area contributed by atoms with Crippen LogP contribution in [0.25, 0.3) is 111 Å². The lowest BCUT2D eigenvalue weighted by Gasteiger charge is -2.11. The summed E-state index contributed by atoms with van der Waals surface area (Å²) < 4.78 is 4.48. The molecule has 5 heteroatoms. The number of rotatable bonds is 7. The van der Waals surface area contributed by atoms with Crippen LogP contribution in [0.15, 0.2) is 224 Å². The third-order valence-corrected chi connectivity index (χ3v) is 11.9. The number of para-hydroxylation sites is 2. The lowest BCUT2D eigenvalue weighted by atomic mass is 9.96. The molecule has 0 aliphatic carbocycles. The fourth-order valence-electron chi connectivity index (χ4n) is 9.06. The van der Waals surface area contributed by atoms with Crippen molar-refractivity contribution >= 4 is 38.1 Å². The zero-order chi connectivity index (χ0) is 41.0. The van der Waals surface area contributed by atoms with Crippen molar-refractivity contribution in [2.45, 2.75) is 0 Å². The van der Waals surface area contributed by atoms with E-state index < -0.39 is 0 Å². The van der Waals surface area contributed by atoms with E-state index in [-0.39, 0.29) is 0 Å². The highest BCUT2D eigenvalue weighted by atomic mass is 15.2. The van der Waals surface area contributed by atoms with Gasteiger partial charge in [0.25, 0.3) is 0 Å². The maximum absolute atomic E-state index is 5.50. The number of nitrogens with zero attached hydrogens (tertiary/aromatic N) is 5. The van der Waals surface area contributed by atoms with Crippen molar-refractivity contribution in [1.82, 2.24) is 24.1 Å². The lowest BCUT2D eigenvalue weighted by Crippen LogP contribution is -1.97. The van der Waals surface area contributed by atoms with Gasteiger partial charge in [-0.1, -0.05) is 176 Å². The highest BCUT2D eigenvalue weighted by molar-refractivity contribution is 6.11. The Labute approximate surface area is 358 Å². The van der Waals surface area contributed by atoms with E-state index in [1.54, 1.807) is 0 Å². The molecule has 8 aromatic carbocycles. The van der Waals surface area contributed by atoms with Gasteiger partial charge in [0.2, 0.25) is 0 Å². The second-order valence-electron chi connectivity index (χ2n) is 15.7. The van der Waals surface area contributed by atoms with Gasteiger partial charge >= 0.3 is 0 Å². The minimum Gasteiger partial charge on any atom is -0.309 e. The van der Waals surface area contributed by atoms with Crippen LogP contribution in [0.3, 0.4) is 0 Å². The fraction of sp³-hybridized carbons (Fsp3) is 0. The molecule has 0 N–H and O–H groups in total. The summed E-state index contributed by atoms with van der Waals surface area (Å²) in [5.74, 6) is 0.649. The molecule has 62 heavy (non-hydrogen) atoms. The van der Waals surface area contributed by atoms with E-state index in [2.05, 4.69) is 227 Å². The van der Waals surface area contributed by atoms with Crippen LogP contribution in [-0.2, 0) is 0 Å². The number of pyridine rings is 1. The first-order valence-corrected chi connectivity index (χ1v) is 20.9. The van der Waals surface area contributed by atoms with Gasteiger partial charge in [-0.15, -0.1) is 0 Å². The molecule has 290 valence electrons.